The Labute approximate surface area is 140 Å². The molecule has 0 radical (unpaired) electrons. The Balaban J connectivity index is 1.69. The average Bonchev–Trinajstić information content (AvgIpc) is 3.07. The first kappa shape index (κ1) is 14.8. The van der Waals surface area contributed by atoms with Crippen LogP contribution in [0.3, 0.4) is 0 Å². The number of amides is 2. The van der Waals surface area contributed by atoms with Gasteiger partial charge in [-0.25, -0.2) is 9.78 Å². The molecule has 0 aliphatic carbocycles. The van der Waals surface area contributed by atoms with Crippen LogP contribution >= 0.6 is 0 Å². The third-order valence-electron chi connectivity index (χ3n) is 4.88. The summed E-state index contributed by atoms with van der Waals surface area (Å²) in [7, 11) is 0. The largest absolute Gasteiger partial charge is 0.369 e. The quantitative estimate of drug-likeness (QED) is 0.919. The Kier molecular flexibility index (Phi) is 3.69. The van der Waals surface area contributed by atoms with Crippen LogP contribution in [0.5, 0.6) is 0 Å². The molecule has 2 aliphatic rings. The van der Waals surface area contributed by atoms with Crippen LogP contribution < -0.4 is 10.2 Å². The minimum Gasteiger partial charge on any atom is -0.369 e. The van der Waals surface area contributed by atoms with Gasteiger partial charge in [-0.2, -0.15) is 5.26 Å². The molecule has 4 rings (SSSR count). The van der Waals surface area contributed by atoms with Gasteiger partial charge in [0.25, 0.3) is 0 Å². The molecule has 0 unspecified atom stereocenters. The Morgan fingerprint density at radius 1 is 1.29 bits per heavy atom. The van der Waals surface area contributed by atoms with Gasteiger partial charge in [-0.05, 0) is 25.0 Å². The highest BCUT2D eigenvalue weighted by molar-refractivity contribution is 5.92. The summed E-state index contributed by atoms with van der Waals surface area (Å²) in [5, 5.41) is 13.2. The number of benzene rings is 1. The van der Waals surface area contributed by atoms with Gasteiger partial charge < -0.3 is 15.1 Å². The molecule has 1 N–H and O–H groups in total. The van der Waals surface area contributed by atoms with Crippen LogP contribution in [0.2, 0.25) is 0 Å². The highest BCUT2D eigenvalue weighted by Gasteiger charge is 2.31. The Morgan fingerprint density at radius 2 is 2.17 bits per heavy atom. The van der Waals surface area contributed by atoms with Crippen molar-refractivity contribution < 1.29 is 4.79 Å². The number of hydrogen-bond acceptors (Lipinski definition) is 4. The summed E-state index contributed by atoms with van der Waals surface area (Å²) in [6, 6.07) is 12.2. The monoisotopic (exact) mass is 321 g/mol. The van der Waals surface area contributed by atoms with Gasteiger partial charge in [0, 0.05) is 37.3 Å². The minimum absolute atomic E-state index is 0.0409. The first-order valence-corrected chi connectivity index (χ1v) is 8.35. The number of nitrogens with zero attached hydrogens (tertiary/aromatic N) is 4. The average molecular weight is 321 g/mol. The van der Waals surface area contributed by atoms with Crippen LogP contribution in [0.4, 0.5) is 10.5 Å². The number of carbonyl (C=O) groups is 1. The number of nitrogens with one attached hydrogen (secondary N) is 1. The fourth-order valence-corrected chi connectivity index (χ4v) is 3.74. The second-order valence-electron chi connectivity index (χ2n) is 6.32. The van der Waals surface area contributed by atoms with Crippen LogP contribution in [-0.4, -0.2) is 48.1 Å². The second kappa shape index (κ2) is 6.00. The van der Waals surface area contributed by atoms with Crippen LogP contribution in [-0.2, 0) is 0 Å². The van der Waals surface area contributed by atoms with Crippen molar-refractivity contribution in [3.05, 3.63) is 36.0 Å². The van der Waals surface area contributed by atoms with Crippen molar-refractivity contribution in [3.8, 4) is 6.07 Å². The molecule has 3 heterocycles. The van der Waals surface area contributed by atoms with E-state index in [-0.39, 0.29) is 12.1 Å². The molecular formula is C18H19N5O. The number of para-hydroxylation sites is 1. The normalized spacial score (nSPS) is 21.0. The predicted molar refractivity (Wildman–Crippen MR) is 91.8 cm³/mol. The zero-order chi connectivity index (χ0) is 16.5. The zero-order valence-corrected chi connectivity index (χ0v) is 13.4. The van der Waals surface area contributed by atoms with Crippen molar-refractivity contribution in [3.63, 3.8) is 0 Å². The Hall–Kier alpha value is -2.81. The molecule has 1 aromatic carbocycles. The minimum atomic E-state index is 0.0409. The van der Waals surface area contributed by atoms with Crippen LogP contribution in [0.15, 0.2) is 30.3 Å². The number of nitriles is 1. The van der Waals surface area contributed by atoms with Crippen molar-refractivity contribution in [1.29, 1.82) is 5.26 Å². The lowest BCUT2D eigenvalue weighted by Gasteiger charge is -2.38. The third kappa shape index (κ3) is 2.52. The number of carbonyl (C=O) groups excluding carboxylic acids is 1. The summed E-state index contributed by atoms with van der Waals surface area (Å²) in [4.78, 5) is 20.6. The van der Waals surface area contributed by atoms with Gasteiger partial charge >= 0.3 is 6.03 Å². The lowest BCUT2D eigenvalue weighted by molar-refractivity contribution is 0.189. The molecule has 2 fully saturated rings. The maximum Gasteiger partial charge on any atom is 0.317 e. The molecule has 2 saturated heterocycles. The molecule has 0 bridgehead atoms. The van der Waals surface area contributed by atoms with Crippen molar-refractivity contribution >= 4 is 22.6 Å². The third-order valence-corrected chi connectivity index (χ3v) is 4.88. The van der Waals surface area contributed by atoms with Crippen molar-refractivity contribution in [2.45, 2.75) is 18.9 Å². The van der Waals surface area contributed by atoms with E-state index in [1.807, 2.05) is 35.2 Å². The lowest BCUT2D eigenvalue weighted by Crippen LogP contribution is -2.49. The summed E-state index contributed by atoms with van der Waals surface area (Å²) < 4.78 is 0. The number of urea groups is 1. The first-order valence-electron chi connectivity index (χ1n) is 8.35. The fourth-order valence-electron chi connectivity index (χ4n) is 3.74. The van der Waals surface area contributed by atoms with Gasteiger partial charge in [0.15, 0.2) is 0 Å². The summed E-state index contributed by atoms with van der Waals surface area (Å²) >= 11 is 0. The SMILES string of the molecule is N#Cc1cc(N2CCC[C@H](N3CCNC3=O)C2)c2ccccc2n1. The number of aromatic nitrogens is 1. The molecule has 122 valence electrons. The number of fused-ring (bicyclic) bond motifs is 1. The molecule has 0 saturated carbocycles. The number of piperidine rings is 1. The van der Waals surface area contributed by atoms with E-state index in [1.165, 1.54) is 0 Å². The van der Waals surface area contributed by atoms with Crippen LogP contribution in [0, 0.1) is 11.3 Å². The summed E-state index contributed by atoms with van der Waals surface area (Å²) in [6.07, 6.45) is 2.06. The predicted octanol–water partition coefficient (Wildman–Crippen LogP) is 2.10. The molecular weight excluding hydrogens is 302 g/mol. The summed E-state index contributed by atoms with van der Waals surface area (Å²) in [6.45, 7) is 3.24. The molecule has 6 nitrogen and oxygen atoms in total. The maximum atomic E-state index is 12.0. The van der Waals surface area contributed by atoms with E-state index in [9.17, 15) is 10.1 Å². The summed E-state index contributed by atoms with van der Waals surface area (Å²) in [5.41, 5.74) is 2.32. The van der Waals surface area contributed by atoms with Crippen molar-refractivity contribution in [2.75, 3.05) is 31.1 Å². The van der Waals surface area contributed by atoms with Gasteiger partial charge in [-0.1, -0.05) is 18.2 Å². The zero-order valence-electron chi connectivity index (χ0n) is 13.4. The van der Waals surface area contributed by atoms with Gasteiger partial charge in [0.1, 0.15) is 11.8 Å². The van der Waals surface area contributed by atoms with E-state index < -0.39 is 0 Å². The number of rotatable bonds is 2. The highest BCUT2D eigenvalue weighted by atomic mass is 16.2. The lowest BCUT2D eigenvalue weighted by atomic mass is 10.0. The number of hydrogen-bond donors (Lipinski definition) is 1. The van der Waals surface area contributed by atoms with E-state index in [1.54, 1.807) is 0 Å². The molecule has 1 aromatic heterocycles. The molecule has 6 heteroatoms. The number of anilines is 1. The van der Waals surface area contributed by atoms with Crippen molar-refractivity contribution in [1.82, 2.24) is 15.2 Å². The van der Waals surface area contributed by atoms with Crippen LogP contribution in [0.1, 0.15) is 18.5 Å². The molecule has 0 spiro atoms. The second-order valence-corrected chi connectivity index (χ2v) is 6.32. The van der Waals surface area contributed by atoms with Gasteiger partial charge in [-0.15, -0.1) is 0 Å². The van der Waals surface area contributed by atoms with Gasteiger partial charge in [0.2, 0.25) is 0 Å². The Bertz CT molecular complexity index is 828. The topological polar surface area (TPSA) is 72.3 Å². The summed E-state index contributed by atoms with van der Waals surface area (Å²) in [5.74, 6) is 0. The standard InChI is InChI=1S/C18H19N5O/c19-11-13-10-17(15-5-1-2-6-16(15)21-13)22-8-3-4-14(12-22)23-9-7-20-18(23)24/h1-2,5-6,10,14H,3-4,7-9,12H2,(H,20,24)/t14-/m0/s1. The van der Waals surface area contributed by atoms with Crippen LogP contribution in [0.25, 0.3) is 10.9 Å². The van der Waals surface area contributed by atoms with Gasteiger partial charge in [-0.3, -0.25) is 0 Å². The molecule has 2 aromatic rings. The first-order chi connectivity index (χ1) is 11.8. The fraction of sp³-hybridized carbons (Fsp3) is 0.389. The molecule has 2 amide bonds. The maximum absolute atomic E-state index is 12.0. The van der Waals surface area contributed by atoms with E-state index >= 15 is 0 Å². The highest BCUT2D eigenvalue weighted by Crippen LogP contribution is 2.30. The molecule has 24 heavy (non-hydrogen) atoms. The molecule has 1 atom stereocenters. The van der Waals surface area contributed by atoms with E-state index in [2.05, 4.69) is 21.3 Å². The van der Waals surface area contributed by atoms with E-state index in [4.69, 9.17) is 0 Å². The van der Waals surface area contributed by atoms with E-state index in [0.29, 0.717) is 5.69 Å². The van der Waals surface area contributed by atoms with Gasteiger partial charge in [0.05, 0.1) is 11.6 Å². The smallest absolute Gasteiger partial charge is 0.317 e. The number of pyridine rings is 1. The van der Waals surface area contributed by atoms with Crippen molar-refractivity contribution in [2.24, 2.45) is 0 Å². The molecule has 2 aliphatic heterocycles. The van der Waals surface area contributed by atoms with E-state index in [0.717, 1.165) is 55.6 Å². The Morgan fingerprint density at radius 3 is 2.96 bits per heavy atom.